The van der Waals surface area contributed by atoms with E-state index in [0.717, 1.165) is 38.8 Å². The summed E-state index contributed by atoms with van der Waals surface area (Å²) in [6.07, 6.45) is 3.62. The van der Waals surface area contributed by atoms with Gasteiger partial charge in [0.25, 0.3) is 0 Å². The van der Waals surface area contributed by atoms with Gasteiger partial charge in [-0.3, -0.25) is 0 Å². The summed E-state index contributed by atoms with van der Waals surface area (Å²) in [5.41, 5.74) is 0. The number of hydrogen-bond donors (Lipinski definition) is 1. The van der Waals surface area contributed by atoms with Crippen molar-refractivity contribution in [3.8, 4) is 0 Å². The number of rotatable bonds is 9. The smallest absolute Gasteiger partial charge is 0.150 e. The van der Waals surface area contributed by atoms with Crippen LogP contribution in [0.2, 0.25) is 0 Å². The molecule has 0 spiro atoms. The second-order valence-electron chi connectivity index (χ2n) is 3.61. The van der Waals surface area contributed by atoms with Crippen LogP contribution in [-0.2, 0) is 9.84 Å². The Morgan fingerprint density at radius 1 is 0.929 bits per heavy atom. The zero-order valence-electron chi connectivity index (χ0n) is 9.38. The van der Waals surface area contributed by atoms with Gasteiger partial charge in [-0.1, -0.05) is 13.8 Å². The Bertz CT molecular complexity index is 212. The van der Waals surface area contributed by atoms with Crippen LogP contribution in [0.25, 0.3) is 0 Å². The maximum Gasteiger partial charge on any atom is 0.150 e. The molecule has 3 nitrogen and oxygen atoms in total. The van der Waals surface area contributed by atoms with E-state index in [4.69, 9.17) is 0 Å². The summed E-state index contributed by atoms with van der Waals surface area (Å²) in [6.45, 7) is 6.00. The molecule has 0 unspecified atom stereocenters. The lowest BCUT2D eigenvalue weighted by molar-refractivity contribution is 0.585. The summed E-state index contributed by atoms with van der Waals surface area (Å²) in [5.74, 6) is 0.698. The summed E-state index contributed by atoms with van der Waals surface area (Å²) in [7, 11) is -2.75. The largest absolute Gasteiger partial charge is 0.317 e. The van der Waals surface area contributed by atoms with E-state index in [9.17, 15) is 8.42 Å². The first-order chi connectivity index (χ1) is 6.62. The molecule has 0 aromatic carbocycles. The molecule has 0 aliphatic rings. The van der Waals surface area contributed by atoms with Crippen molar-refractivity contribution in [1.82, 2.24) is 5.32 Å². The predicted octanol–water partition coefficient (Wildman–Crippen LogP) is 1.59. The van der Waals surface area contributed by atoms with Crippen molar-refractivity contribution in [2.75, 3.05) is 24.6 Å². The van der Waals surface area contributed by atoms with Gasteiger partial charge in [-0.05, 0) is 38.8 Å². The third kappa shape index (κ3) is 8.51. The van der Waals surface area contributed by atoms with Crippen LogP contribution in [-0.4, -0.2) is 33.0 Å². The van der Waals surface area contributed by atoms with Crippen molar-refractivity contribution < 1.29 is 8.42 Å². The van der Waals surface area contributed by atoms with Crippen molar-refractivity contribution in [1.29, 1.82) is 0 Å². The molecule has 0 amide bonds. The van der Waals surface area contributed by atoms with Gasteiger partial charge in [0, 0.05) is 5.75 Å². The summed E-state index contributed by atoms with van der Waals surface area (Å²) >= 11 is 0. The van der Waals surface area contributed by atoms with E-state index in [-0.39, 0.29) is 0 Å². The average Bonchev–Trinajstić information content (AvgIpc) is 2.11. The normalized spacial score (nSPS) is 11.9. The quantitative estimate of drug-likeness (QED) is 0.601. The average molecular weight is 221 g/mol. The molecule has 0 bridgehead atoms. The van der Waals surface area contributed by atoms with Crippen LogP contribution in [0.1, 0.15) is 39.5 Å². The molecule has 0 radical (unpaired) electrons. The lowest BCUT2D eigenvalue weighted by atomic mass is 10.3. The van der Waals surface area contributed by atoms with E-state index in [1.165, 1.54) is 0 Å². The van der Waals surface area contributed by atoms with Crippen molar-refractivity contribution in [2.24, 2.45) is 0 Å². The zero-order valence-corrected chi connectivity index (χ0v) is 10.2. The van der Waals surface area contributed by atoms with E-state index >= 15 is 0 Å². The zero-order chi connectivity index (χ0) is 10.9. The first kappa shape index (κ1) is 13.9. The minimum absolute atomic E-state index is 0.343. The Morgan fingerprint density at radius 3 is 2.21 bits per heavy atom. The topological polar surface area (TPSA) is 46.2 Å². The van der Waals surface area contributed by atoms with E-state index in [1.807, 2.05) is 6.92 Å². The molecule has 86 valence electrons. The van der Waals surface area contributed by atoms with Gasteiger partial charge in [-0.2, -0.15) is 0 Å². The molecular formula is C10H23NO2S. The SMILES string of the molecule is CCCNCCCCS(=O)(=O)CCC. The summed E-state index contributed by atoms with van der Waals surface area (Å²) in [4.78, 5) is 0. The Morgan fingerprint density at radius 2 is 1.64 bits per heavy atom. The molecule has 4 heteroatoms. The van der Waals surface area contributed by atoms with Gasteiger partial charge in [0.15, 0.2) is 0 Å². The van der Waals surface area contributed by atoms with Gasteiger partial charge in [0.1, 0.15) is 9.84 Å². The number of sulfone groups is 1. The molecule has 0 aromatic rings. The van der Waals surface area contributed by atoms with Crippen LogP contribution in [0.15, 0.2) is 0 Å². The highest BCUT2D eigenvalue weighted by Gasteiger charge is 2.07. The fraction of sp³-hybridized carbons (Fsp3) is 1.00. The fourth-order valence-corrected chi connectivity index (χ4v) is 2.76. The Hall–Kier alpha value is -0.0900. The molecule has 14 heavy (non-hydrogen) atoms. The molecule has 0 fully saturated rings. The molecule has 0 heterocycles. The minimum Gasteiger partial charge on any atom is -0.317 e. The van der Waals surface area contributed by atoms with Crippen molar-refractivity contribution in [3.05, 3.63) is 0 Å². The third-order valence-corrected chi connectivity index (χ3v) is 3.94. The van der Waals surface area contributed by atoms with Gasteiger partial charge in [0.05, 0.1) is 5.75 Å². The maximum absolute atomic E-state index is 11.3. The fourth-order valence-electron chi connectivity index (χ4n) is 1.29. The van der Waals surface area contributed by atoms with E-state index < -0.39 is 9.84 Å². The molecule has 0 saturated carbocycles. The van der Waals surface area contributed by atoms with Gasteiger partial charge in [0.2, 0.25) is 0 Å². The van der Waals surface area contributed by atoms with Crippen LogP contribution in [0.5, 0.6) is 0 Å². The molecule has 1 N–H and O–H groups in total. The highest BCUT2D eigenvalue weighted by atomic mass is 32.2. The lowest BCUT2D eigenvalue weighted by Crippen LogP contribution is -2.17. The highest BCUT2D eigenvalue weighted by Crippen LogP contribution is 1.98. The summed E-state index contributed by atoms with van der Waals surface area (Å²) in [6, 6.07) is 0. The lowest BCUT2D eigenvalue weighted by Gasteiger charge is -2.03. The first-order valence-corrected chi connectivity index (χ1v) is 7.35. The Balaban J connectivity index is 3.35. The van der Waals surface area contributed by atoms with Crippen molar-refractivity contribution >= 4 is 9.84 Å². The molecule has 0 saturated heterocycles. The monoisotopic (exact) mass is 221 g/mol. The molecule has 0 aromatic heterocycles. The third-order valence-electron chi connectivity index (χ3n) is 2.00. The van der Waals surface area contributed by atoms with Crippen LogP contribution < -0.4 is 5.32 Å². The molecule has 0 aliphatic heterocycles. The molecule has 0 aliphatic carbocycles. The highest BCUT2D eigenvalue weighted by molar-refractivity contribution is 7.91. The Kier molecular flexibility index (Phi) is 8.18. The van der Waals surface area contributed by atoms with Crippen LogP contribution in [0.3, 0.4) is 0 Å². The van der Waals surface area contributed by atoms with Crippen LogP contribution >= 0.6 is 0 Å². The minimum atomic E-state index is -2.75. The predicted molar refractivity (Wildman–Crippen MR) is 61.3 cm³/mol. The first-order valence-electron chi connectivity index (χ1n) is 5.53. The second-order valence-corrected chi connectivity index (χ2v) is 5.91. The standard InChI is InChI=1S/C10H23NO2S/c1-3-7-11-8-5-6-10-14(12,13)9-4-2/h11H,3-10H2,1-2H3. The molecule has 0 rings (SSSR count). The molecular weight excluding hydrogens is 198 g/mol. The van der Waals surface area contributed by atoms with Crippen LogP contribution in [0.4, 0.5) is 0 Å². The molecule has 0 atom stereocenters. The van der Waals surface area contributed by atoms with Crippen molar-refractivity contribution in [3.63, 3.8) is 0 Å². The van der Waals surface area contributed by atoms with E-state index in [1.54, 1.807) is 0 Å². The van der Waals surface area contributed by atoms with Gasteiger partial charge >= 0.3 is 0 Å². The second kappa shape index (κ2) is 8.24. The Labute approximate surface area is 88.2 Å². The summed E-state index contributed by atoms with van der Waals surface area (Å²) in [5, 5.41) is 3.26. The van der Waals surface area contributed by atoms with E-state index in [0.29, 0.717) is 11.5 Å². The van der Waals surface area contributed by atoms with E-state index in [2.05, 4.69) is 12.2 Å². The maximum atomic E-state index is 11.3. The van der Waals surface area contributed by atoms with Gasteiger partial charge in [-0.15, -0.1) is 0 Å². The van der Waals surface area contributed by atoms with Gasteiger partial charge < -0.3 is 5.32 Å². The van der Waals surface area contributed by atoms with Gasteiger partial charge in [-0.25, -0.2) is 8.42 Å². The van der Waals surface area contributed by atoms with Crippen LogP contribution in [0, 0.1) is 0 Å². The number of unbranched alkanes of at least 4 members (excludes halogenated alkanes) is 1. The van der Waals surface area contributed by atoms with Crippen molar-refractivity contribution in [2.45, 2.75) is 39.5 Å². The number of nitrogens with one attached hydrogen (secondary N) is 1. The number of hydrogen-bond acceptors (Lipinski definition) is 3. The summed E-state index contributed by atoms with van der Waals surface area (Å²) < 4.78 is 22.6.